The van der Waals surface area contributed by atoms with Crippen molar-refractivity contribution in [2.75, 3.05) is 19.7 Å². The zero-order valence-corrected chi connectivity index (χ0v) is 11.9. The number of benzene rings is 1. The quantitative estimate of drug-likeness (QED) is 0.865. The van der Waals surface area contributed by atoms with Crippen molar-refractivity contribution in [3.8, 4) is 0 Å². The monoisotopic (exact) mass is 284 g/mol. The Labute approximate surface area is 120 Å². The maximum absolute atomic E-state index is 12.2. The van der Waals surface area contributed by atoms with Gasteiger partial charge >= 0.3 is 0 Å². The minimum absolute atomic E-state index is 0. The van der Waals surface area contributed by atoms with Crippen LogP contribution in [0.5, 0.6) is 0 Å². The standard InChI is InChI=1S/C14H20N2O2.ClH/c1-2-18-13(11-6-4-3-5-7-11)14(17)16-12-8-9-15-10-12;/h3-7,12-13,15H,2,8-10H2,1H3,(H,16,17);1H. The number of nitrogens with one attached hydrogen (secondary N) is 2. The van der Waals surface area contributed by atoms with Crippen LogP contribution in [0.4, 0.5) is 0 Å². The third-order valence-electron chi connectivity index (χ3n) is 3.08. The average molecular weight is 285 g/mol. The van der Waals surface area contributed by atoms with Crippen molar-refractivity contribution in [3.05, 3.63) is 35.9 Å². The lowest BCUT2D eigenvalue weighted by atomic mass is 10.1. The molecule has 1 aliphatic rings. The number of carbonyl (C=O) groups is 1. The summed E-state index contributed by atoms with van der Waals surface area (Å²) in [6.45, 7) is 4.24. The zero-order valence-electron chi connectivity index (χ0n) is 11.1. The fourth-order valence-electron chi connectivity index (χ4n) is 2.17. The topological polar surface area (TPSA) is 50.4 Å². The molecule has 5 heteroatoms. The van der Waals surface area contributed by atoms with Gasteiger partial charge in [-0.05, 0) is 25.5 Å². The van der Waals surface area contributed by atoms with E-state index in [1.54, 1.807) is 0 Å². The summed E-state index contributed by atoms with van der Waals surface area (Å²) in [5.41, 5.74) is 0.905. The molecule has 0 radical (unpaired) electrons. The van der Waals surface area contributed by atoms with Gasteiger partial charge in [0.05, 0.1) is 0 Å². The van der Waals surface area contributed by atoms with Crippen molar-refractivity contribution < 1.29 is 9.53 Å². The summed E-state index contributed by atoms with van der Waals surface area (Å²) in [7, 11) is 0. The largest absolute Gasteiger partial charge is 0.364 e. The van der Waals surface area contributed by atoms with E-state index < -0.39 is 6.10 Å². The maximum Gasteiger partial charge on any atom is 0.254 e. The summed E-state index contributed by atoms with van der Waals surface area (Å²) >= 11 is 0. The van der Waals surface area contributed by atoms with E-state index in [2.05, 4.69) is 10.6 Å². The lowest BCUT2D eigenvalue weighted by Gasteiger charge is -2.19. The number of ether oxygens (including phenoxy) is 1. The first kappa shape index (κ1) is 16.0. The predicted octanol–water partition coefficient (Wildman–Crippen LogP) is 1.66. The molecule has 1 aromatic rings. The molecule has 2 atom stereocenters. The molecule has 1 heterocycles. The molecule has 1 aliphatic heterocycles. The molecule has 2 N–H and O–H groups in total. The molecule has 0 saturated carbocycles. The van der Waals surface area contributed by atoms with E-state index in [4.69, 9.17) is 4.74 Å². The van der Waals surface area contributed by atoms with Gasteiger partial charge in [-0.1, -0.05) is 30.3 Å². The Kier molecular flexibility index (Phi) is 6.84. The average Bonchev–Trinajstić information content (AvgIpc) is 2.89. The van der Waals surface area contributed by atoms with Crippen LogP contribution in [0.25, 0.3) is 0 Å². The SMILES string of the molecule is CCOC(C(=O)NC1CCNC1)c1ccccc1.Cl. The molecular formula is C14H21ClN2O2. The van der Waals surface area contributed by atoms with E-state index in [9.17, 15) is 4.79 Å². The van der Waals surface area contributed by atoms with Crippen LogP contribution in [0.15, 0.2) is 30.3 Å². The number of amides is 1. The van der Waals surface area contributed by atoms with Gasteiger partial charge in [0.15, 0.2) is 6.10 Å². The molecule has 2 rings (SSSR count). The Hall–Kier alpha value is -1.10. The van der Waals surface area contributed by atoms with E-state index in [1.807, 2.05) is 37.3 Å². The third-order valence-corrected chi connectivity index (χ3v) is 3.08. The van der Waals surface area contributed by atoms with E-state index in [0.717, 1.165) is 25.1 Å². The number of halogens is 1. The van der Waals surface area contributed by atoms with Crippen LogP contribution in [0.2, 0.25) is 0 Å². The Balaban J connectivity index is 0.00000180. The molecule has 1 saturated heterocycles. The maximum atomic E-state index is 12.2. The van der Waals surface area contributed by atoms with Crippen LogP contribution in [0, 0.1) is 0 Å². The number of hydrogen-bond acceptors (Lipinski definition) is 3. The first-order valence-electron chi connectivity index (χ1n) is 6.49. The molecule has 0 aliphatic carbocycles. The van der Waals surface area contributed by atoms with Gasteiger partial charge in [-0.25, -0.2) is 0 Å². The third kappa shape index (κ3) is 4.49. The van der Waals surface area contributed by atoms with Crippen LogP contribution in [-0.2, 0) is 9.53 Å². The van der Waals surface area contributed by atoms with Crippen LogP contribution in [-0.4, -0.2) is 31.6 Å². The van der Waals surface area contributed by atoms with Crippen molar-refractivity contribution >= 4 is 18.3 Å². The van der Waals surface area contributed by atoms with E-state index in [1.165, 1.54) is 0 Å². The molecule has 1 aromatic carbocycles. The second kappa shape index (κ2) is 8.15. The fraction of sp³-hybridized carbons (Fsp3) is 0.500. The summed E-state index contributed by atoms with van der Waals surface area (Å²) < 4.78 is 5.57. The van der Waals surface area contributed by atoms with Gasteiger partial charge in [0.1, 0.15) is 0 Å². The minimum Gasteiger partial charge on any atom is -0.364 e. The molecular weight excluding hydrogens is 264 g/mol. The number of carbonyl (C=O) groups excluding carboxylic acids is 1. The molecule has 1 fully saturated rings. The summed E-state index contributed by atoms with van der Waals surface area (Å²) in [6, 6.07) is 9.85. The van der Waals surface area contributed by atoms with Crippen LogP contribution < -0.4 is 10.6 Å². The highest BCUT2D eigenvalue weighted by Crippen LogP contribution is 2.17. The zero-order chi connectivity index (χ0) is 12.8. The first-order chi connectivity index (χ1) is 8.81. The van der Waals surface area contributed by atoms with Gasteiger partial charge in [0.2, 0.25) is 0 Å². The second-order valence-electron chi connectivity index (χ2n) is 4.44. The summed E-state index contributed by atoms with van der Waals surface area (Å²) in [5.74, 6) is -0.0447. The van der Waals surface area contributed by atoms with Gasteiger partial charge in [0, 0.05) is 19.2 Å². The summed E-state index contributed by atoms with van der Waals surface area (Å²) in [5, 5.41) is 6.27. The Morgan fingerprint density at radius 1 is 1.47 bits per heavy atom. The normalized spacial score (nSPS) is 19.5. The van der Waals surface area contributed by atoms with Crippen molar-refractivity contribution in [1.29, 1.82) is 0 Å². The van der Waals surface area contributed by atoms with Gasteiger partial charge < -0.3 is 15.4 Å². The molecule has 1 amide bonds. The number of rotatable bonds is 5. The van der Waals surface area contributed by atoms with Crippen molar-refractivity contribution in [2.45, 2.75) is 25.5 Å². The Morgan fingerprint density at radius 2 is 2.21 bits per heavy atom. The fourth-order valence-corrected chi connectivity index (χ4v) is 2.17. The van der Waals surface area contributed by atoms with Gasteiger partial charge in [-0.3, -0.25) is 4.79 Å². The van der Waals surface area contributed by atoms with Crippen molar-refractivity contribution in [2.24, 2.45) is 0 Å². The molecule has 2 unspecified atom stereocenters. The van der Waals surface area contributed by atoms with Crippen LogP contribution >= 0.6 is 12.4 Å². The molecule has 19 heavy (non-hydrogen) atoms. The van der Waals surface area contributed by atoms with Crippen LogP contribution in [0.1, 0.15) is 25.0 Å². The summed E-state index contributed by atoms with van der Waals surface area (Å²) in [4.78, 5) is 12.2. The molecule has 0 bridgehead atoms. The van der Waals surface area contributed by atoms with Gasteiger partial charge in [0.25, 0.3) is 5.91 Å². The van der Waals surface area contributed by atoms with Crippen molar-refractivity contribution in [1.82, 2.24) is 10.6 Å². The lowest BCUT2D eigenvalue weighted by Crippen LogP contribution is -2.40. The first-order valence-corrected chi connectivity index (χ1v) is 6.49. The van der Waals surface area contributed by atoms with E-state index >= 15 is 0 Å². The highest BCUT2D eigenvalue weighted by atomic mass is 35.5. The highest BCUT2D eigenvalue weighted by Gasteiger charge is 2.24. The van der Waals surface area contributed by atoms with E-state index in [-0.39, 0.29) is 24.4 Å². The van der Waals surface area contributed by atoms with Gasteiger partial charge in [-0.2, -0.15) is 0 Å². The van der Waals surface area contributed by atoms with Crippen LogP contribution in [0.3, 0.4) is 0 Å². The smallest absolute Gasteiger partial charge is 0.254 e. The second-order valence-corrected chi connectivity index (χ2v) is 4.44. The summed E-state index contributed by atoms with van der Waals surface area (Å²) in [6.07, 6.45) is 0.483. The molecule has 0 spiro atoms. The van der Waals surface area contributed by atoms with E-state index in [0.29, 0.717) is 6.61 Å². The highest BCUT2D eigenvalue weighted by molar-refractivity contribution is 5.85. The van der Waals surface area contributed by atoms with Gasteiger partial charge in [-0.15, -0.1) is 12.4 Å². The Bertz CT molecular complexity index is 380. The van der Waals surface area contributed by atoms with Crippen molar-refractivity contribution in [3.63, 3.8) is 0 Å². The Morgan fingerprint density at radius 3 is 2.79 bits per heavy atom. The lowest BCUT2D eigenvalue weighted by molar-refractivity contribution is -0.133. The molecule has 4 nitrogen and oxygen atoms in total. The minimum atomic E-state index is -0.503. The predicted molar refractivity (Wildman–Crippen MR) is 77.5 cm³/mol. The molecule has 0 aromatic heterocycles. The molecule has 106 valence electrons. The number of hydrogen-bond donors (Lipinski definition) is 2.